The van der Waals surface area contributed by atoms with Gasteiger partial charge in [-0.25, -0.2) is 4.79 Å². The topological polar surface area (TPSA) is 84.8 Å². The zero-order valence-electron chi connectivity index (χ0n) is 10.9. The lowest BCUT2D eigenvalue weighted by Gasteiger charge is -2.37. The van der Waals surface area contributed by atoms with Crippen molar-refractivity contribution >= 4 is 6.03 Å². The van der Waals surface area contributed by atoms with E-state index in [1.165, 1.54) is 0 Å². The van der Waals surface area contributed by atoms with E-state index >= 15 is 0 Å². The maximum atomic E-state index is 11.0. The number of nitrogens with two attached hydrogens (primary N) is 2. The molecule has 2 fully saturated rings. The van der Waals surface area contributed by atoms with Crippen LogP contribution in [0.25, 0.3) is 0 Å². The number of ether oxygens (including phenoxy) is 1. The predicted octanol–water partition coefficient (Wildman–Crippen LogP) is -0.563. The molecule has 2 amide bonds. The summed E-state index contributed by atoms with van der Waals surface area (Å²) in [6.07, 6.45) is 2.28. The molecule has 1 atom stereocenters. The van der Waals surface area contributed by atoms with Crippen molar-refractivity contribution in [2.24, 2.45) is 17.4 Å². The van der Waals surface area contributed by atoms with E-state index in [2.05, 4.69) is 4.90 Å². The van der Waals surface area contributed by atoms with E-state index in [0.29, 0.717) is 12.5 Å². The highest BCUT2D eigenvalue weighted by atomic mass is 16.5. The summed E-state index contributed by atoms with van der Waals surface area (Å²) in [4.78, 5) is 15.2. The Balaban J connectivity index is 1.72. The smallest absolute Gasteiger partial charge is 0.314 e. The van der Waals surface area contributed by atoms with Crippen LogP contribution in [0.3, 0.4) is 0 Å². The number of carbonyl (C=O) groups is 1. The Kier molecular flexibility index (Phi) is 4.79. The van der Waals surface area contributed by atoms with Gasteiger partial charge in [-0.15, -0.1) is 0 Å². The lowest BCUT2D eigenvalue weighted by molar-refractivity contribution is -0.0300. The van der Waals surface area contributed by atoms with E-state index < -0.39 is 0 Å². The van der Waals surface area contributed by atoms with E-state index in [-0.39, 0.29) is 12.1 Å². The molecular weight excluding hydrogens is 232 g/mol. The predicted molar refractivity (Wildman–Crippen MR) is 69.1 cm³/mol. The first-order chi connectivity index (χ1) is 8.69. The lowest BCUT2D eigenvalue weighted by atomic mass is 9.96. The third-order valence-electron chi connectivity index (χ3n) is 3.93. The van der Waals surface area contributed by atoms with Gasteiger partial charge in [-0.2, -0.15) is 0 Å². The van der Waals surface area contributed by atoms with Crippen molar-refractivity contribution < 1.29 is 9.53 Å². The number of likely N-dealkylation sites (tertiary alicyclic amines) is 1. The Hall–Kier alpha value is -0.850. The molecule has 0 spiro atoms. The van der Waals surface area contributed by atoms with Gasteiger partial charge in [0.1, 0.15) is 0 Å². The highest BCUT2D eigenvalue weighted by molar-refractivity contribution is 5.72. The number of hydrogen-bond donors (Lipinski definition) is 2. The third kappa shape index (κ3) is 3.57. The van der Waals surface area contributed by atoms with Crippen molar-refractivity contribution in [3.8, 4) is 0 Å². The second-order valence-electron chi connectivity index (χ2n) is 5.26. The Morgan fingerprint density at radius 1 is 1.28 bits per heavy atom. The summed E-state index contributed by atoms with van der Waals surface area (Å²) in [5, 5.41) is 0. The molecule has 2 rings (SSSR count). The van der Waals surface area contributed by atoms with Crippen molar-refractivity contribution in [1.82, 2.24) is 9.80 Å². The van der Waals surface area contributed by atoms with Crippen LogP contribution in [0.2, 0.25) is 0 Å². The Morgan fingerprint density at radius 2 is 2.00 bits per heavy atom. The molecule has 4 N–H and O–H groups in total. The number of hydrogen-bond acceptors (Lipinski definition) is 4. The molecule has 2 saturated heterocycles. The number of nitrogens with zero attached hydrogens (tertiary/aromatic N) is 2. The van der Waals surface area contributed by atoms with Gasteiger partial charge in [-0.1, -0.05) is 0 Å². The number of morpholine rings is 1. The fraction of sp³-hybridized carbons (Fsp3) is 0.917. The monoisotopic (exact) mass is 256 g/mol. The minimum Gasteiger partial charge on any atom is -0.374 e. The standard InChI is InChI=1S/C12H24N4O2/c13-7-11-9-15(5-6-18-11)8-10-1-3-16(4-2-10)12(14)17/h10-11H,1-9,13H2,(H2,14,17). The molecule has 0 saturated carbocycles. The fourth-order valence-corrected chi connectivity index (χ4v) is 2.79. The van der Waals surface area contributed by atoms with Crippen LogP contribution in [0.4, 0.5) is 4.79 Å². The van der Waals surface area contributed by atoms with E-state index in [1.54, 1.807) is 4.90 Å². The van der Waals surface area contributed by atoms with Crippen molar-refractivity contribution in [2.45, 2.75) is 18.9 Å². The molecule has 0 aromatic carbocycles. The van der Waals surface area contributed by atoms with Crippen LogP contribution in [0.1, 0.15) is 12.8 Å². The molecule has 0 bridgehead atoms. The zero-order chi connectivity index (χ0) is 13.0. The zero-order valence-corrected chi connectivity index (χ0v) is 10.9. The maximum Gasteiger partial charge on any atom is 0.314 e. The average Bonchev–Trinajstić information content (AvgIpc) is 2.39. The molecule has 18 heavy (non-hydrogen) atoms. The highest BCUT2D eigenvalue weighted by Crippen LogP contribution is 2.19. The van der Waals surface area contributed by atoms with E-state index in [1.807, 2.05) is 0 Å². The Labute approximate surface area is 108 Å². The normalized spacial score (nSPS) is 27.4. The van der Waals surface area contributed by atoms with Gasteiger partial charge in [0.2, 0.25) is 0 Å². The van der Waals surface area contributed by atoms with Crippen LogP contribution < -0.4 is 11.5 Å². The van der Waals surface area contributed by atoms with Gasteiger partial charge >= 0.3 is 6.03 Å². The van der Waals surface area contributed by atoms with Crippen LogP contribution in [-0.4, -0.2) is 67.8 Å². The maximum absolute atomic E-state index is 11.0. The van der Waals surface area contributed by atoms with E-state index in [0.717, 1.165) is 52.2 Å². The molecule has 1 unspecified atom stereocenters. The van der Waals surface area contributed by atoms with Crippen molar-refractivity contribution in [2.75, 3.05) is 45.9 Å². The van der Waals surface area contributed by atoms with Crippen molar-refractivity contribution in [1.29, 1.82) is 0 Å². The summed E-state index contributed by atoms with van der Waals surface area (Å²) in [5.41, 5.74) is 10.9. The molecule has 6 nitrogen and oxygen atoms in total. The minimum absolute atomic E-state index is 0.185. The van der Waals surface area contributed by atoms with Crippen LogP contribution in [0.15, 0.2) is 0 Å². The summed E-state index contributed by atoms with van der Waals surface area (Å²) in [5.74, 6) is 0.664. The highest BCUT2D eigenvalue weighted by Gasteiger charge is 2.25. The van der Waals surface area contributed by atoms with Gasteiger partial charge in [0, 0.05) is 39.3 Å². The fourth-order valence-electron chi connectivity index (χ4n) is 2.79. The van der Waals surface area contributed by atoms with Gasteiger partial charge in [0.25, 0.3) is 0 Å². The lowest BCUT2D eigenvalue weighted by Crippen LogP contribution is -2.49. The van der Waals surface area contributed by atoms with Crippen LogP contribution >= 0.6 is 0 Å². The quantitative estimate of drug-likeness (QED) is 0.708. The van der Waals surface area contributed by atoms with Gasteiger partial charge in [-0.3, -0.25) is 4.90 Å². The summed E-state index contributed by atoms with van der Waals surface area (Å²) in [7, 11) is 0. The number of carbonyl (C=O) groups excluding carboxylic acids is 1. The van der Waals surface area contributed by atoms with Gasteiger partial charge in [-0.05, 0) is 18.8 Å². The molecule has 0 aromatic rings. The third-order valence-corrected chi connectivity index (χ3v) is 3.93. The van der Waals surface area contributed by atoms with E-state index in [9.17, 15) is 4.79 Å². The molecule has 0 aromatic heterocycles. The molecular formula is C12H24N4O2. The number of rotatable bonds is 3. The SMILES string of the molecule is NCC1CN(CC2CCN(C(N)=O)CC2)CCO1. The number of amides is 2. The summed E-state index contributed by atoms with van der Waals surface area (Å²) in [6.45, 7) is 5.99. The number of urea groups is 1. The molecule has 0 radical (unpaired) electrons. The molecule has 2 aliphatic rings. The number of primary amides is 1. The number of piperidine rings is 1. The largest absolute Gasteiger partial charge is 0.374 e. The first-order valence-electron chi connectivity index (χ1n) is 6.77. The average molecular weight is 256 g/mol. The molecule has 0 aliphatic carbocycles. The van der Waals surface area contributed by atoms with Crippen LogP contribution in [0, 0.1) is 5.92 Å². The van der Waals surface area contributed by atoms with E-state index in [4.69, 9.17) is 16.2 Å². The second kappa shape index (κ2) is 6.36. The molecule has 2 heterocycles. The Morgan fingerprint density at radius 3 is 2.61 bits per heavy atom. The first-order valence-corrected chi connectivity index (χ1v) is 6.77. The second-order valence-corrected chi connectivity index (χ2v) is 5.26. The van der Waals surface area contributed by atoms with Crippen LogP contribution in [0.5, 0.6) is 0 Å². The minimum atomic E-state index is -0.289. The van der Waals surface area contributed by atoms with Crippen molar-refractivity contribution in [3.63, 3.8) is 0 Å². The molecule has 6 heteroatoms. The summed E-state index contributed by atoms with van der Waals surface area (Å²) in [6, 6.07) is -0.289. The van der Waals surface area contributed by atoms with Crippen LogP contribution in [-0.2, 0) is 4.74 Å². The molecule has 2 aliphatic heterocycles. The summed E-state index contributed by atoms with van der Waals surface area (Å²) < 4.78 is 5.56. The summed E-state index contributed by atoms with van der Waals surface area (Å²) >= 11 is 0. The van der Waals surface area contributed by atoms with Gasteiger partial charge in [0.05, 0.1) is 12.7 Å². The molecule has 104 valence electrons. The first kappa shape index (κ1) is 13.6. The Bertz CT molecular complexity index is 279. The van der Waals surface area contributed by atoms with Gasteiger partial charge in [0.15, 0.2) is 0 Å². The van der Waals surface area contributed by atoms with Crippen molar-refractivity contribution in [3.05, 3.63) is 0 Å². The van der Waals surface area contributed by atoms with Gasteiger partial charge < -0.3 is 21.1 Å².